The highest BCUT2D eigenvalue weighted by atomic mass is 16.6. The van der Waals surface area contributed by atoms with Gasteiger partial charge in [0.25, 0.3) is 11.6 Å². The summed E-state index contributed by atoms with van der Waals surface area (Å²) in [6, 6.07) is 14.6. The molecular weight excluding hydrogens is 386 g/mol. The van der Waals surface area contributed by atoms with E-state index in [1.54, 1.807) is 17.0 Å². The molecule has 158 valence electrons. The highest BCUT2D eigenvalue weighted by molar-refractivity contribution is 5.96. The fourth-order valence-corrected chi connectivity index (χ4v) is 4.02. The molecule has 8 nitrogen and oxygen atoms in total. The van der Waals surface area contributed by atoms with Crippen molar-refractivity contribution >= 4 is 17.3 Å². The molecule has 2 aromatic rings. The Morgan fingerprint density at radius 2 is 1.83 bits per heavy atom. The van der Waals surface area contributed by atoms with Crippen LogP contribution >= 0.6 is 0 Å². The van der Waals surface area contributed by atoms with Crippen LogP contribution in [0.15, 0.2) is 48.5 Å². The van der Waals surface area contributed by atoms with Crippen molar-refractivity contribution in [1.29, 1.82) is 0 Å². The van der Waals surface area contributed by atoms with E-state index in [2.05, 4.69) is 0 Å². The van der Waals surface area contributed by atoms with Gasteiger partial charge < -0.3 is 19.3 Å². The maximum atomic E-state index is 12.8. The van der Waals surface area contributed by atoms with Gasteiger partial charge in [0.05, 0.1) is 24.2 Å². The van der Waals surface area contributed by atoms with Gasteiger partial charge in [-0.2, -0.15) is 0 Å². The van der Waals surface area contributed by atoms with E-state index in [1.165, 1.54) is 6.07 Å². The largest absolute Gasteiger partial charge is 0.378 e. The monoisotopic (exact) mass is 411 g/mol. The number of hydrogen-bond donors (Lipinski definition) is 0. The molecule has 2 fully saturated rings. The summed E-state index contributed by atoms with van der Waals surface area (Å²) in [4.78, 5) is 27.9. The SMILES string of the molecule is CC1CN(c2ccc(C(=O)N3CCOCC3)cc2[N+](=O)[O-])CC(c2ccccc2)O1. The lowest BCUT2D eigenvalue weighted by atomic mass is 10.0. The number of amides is 1. The molecule has 2 aliphatic heterocycles. The number of hydrogen-bond acceptors (Lipinski definition) is 6. The molecule has 8 heteroatoms. The number of benzene rings is 2. The van der Waals surface area contributed by atoms with E-state index in [4.69, 9.17) is 9.47 Å². The molecule has 2 aliphatic rings. The first kappa shape index (κ1) is 20.3. The molecule has 0 spiro atoms. The molecule has 2 saturated heterocycles. The van der Waals surface area contributed by atoms with Crippen molar-refractivity contribution in [2.24, 2.45) is 0 Å². The number of nitro benzene ring substituents is 1. The highest BCUT2D eigenvalue weighted by Gasteiger charge is 2.31. The van der Waals surface area contributed by atoms with Crippen LogP contribution in [0.3, 0.4) is 0 Å². The second-order valence-electron chi connectivity index (χ2n) is 7.62. The Hall–Kier alpha value is -2.97. The Kier molecular flexibility index (Phi) is 5.96. The number of anilines is 1. The topological polar surface area (TPSA) is 85.2 Å². The lowest BCUT2D eigenvalue weighted by Gasteiger charge is -2.38. The number of carbonyl (C=O) groups excluding carboxylic acids is 1. The highest BCUT2D eigenvalue weighted by Crippen LogP contribution is 2.35. The smallest absolute Gasteiger partial charge is 0.293 e. The third kappa shape index (κ3) is 4.29. The maximum absolute atomic E-state index is 12.8. The zero-order chi connectivity index (χ0) is 21.1. The van der Waals surface area contributed by atoms with Crippen LogP contribution in [0.2, 0.25) is 0 Å². The molecule has 2 heterocycles. The van der Waals surface area contributed by atoms with Gasteiger partial charge >= 0.3 is 0 Å². The lowest BCUT2D eigenvalue weighted by molar-refractivity contribution is -0.384. The van der Waals surface area contributed by atoms with E-state index in [1.807, 2.05) is 42.2 Å². The molecule has 30 heavy (non-hydrogen) atoms. The minimum absolute atomic E-state index is 0.0602. The predicted octanol–water partition coefficient (Wildman–Crippen LogP) is 3.03. The molecule has 0 aliphatic carbocycles. The molecule has 2 atom stereocenters. The Morgan fingerprint density at radius 3 is 2.53 bits per heavy atom. The van der Waals surface area contributed by atoms with Crippen LogP contribution in [0.1, 0.15) is 28.9 Å². The summed E-state index contributed by atoms with van der Waals surface area (Å²) < 4.78 is 11.4. The van der Waals surface area contributed by atoms with Gasteiger partial charge in [0.2, 0.25) is 0 Å². The van der Waals surface area contributed by atoms with Crippen LogP contribution in [0.5, 0.6) is 0 Å². The molecule has 0 N–H and O–H groups in total. The van der Waals surface area contributed by atoms with Crippen LogP contribution in [0.4, 0.5) is 11.4 Å². The average Bonchev–Trinajstić information content (AvgIpc) is 2.79. The molecule has 4 rings (SSSR count). The number of ether oxygens (including phenoxy) is 2. The summed E-state index contributed by atoms with van der Waals surface area (Å²) in [5.41, 5.74) is 1.81. The first-order chi connectivity index (χ1) is 14.5. The van der Waals surface area contributed by atoms with Gasteiger partial charge in [0, 0.05) is 37.8 Å². The third-order valence-corrected chi connectivity index (χ3v) is 5.49. The van der Waals surface area contributed by atoms with Crippen molar-refractivity contribution < 1.29 is 19.2 Å². The van der Waals surface area contributed by atoms with Crippen molar-refractivity contribution in [3.8, 4) is 0 Å². The van der Waals surface area contributed by atoms with Crippen molar-refractivity contribution in [3.63, 3.8) is 0 Å². The van der Waals surface area contributed by atoms with E-state index < -0.39 is 4.92 Å². The van der Waals surface area contributed by atoms with Crippen LogP contribution in [0.25, 0.3) is 0 Å². The number of rotatable bonds is 4. The normalized spacial score (nSPS) is 22.0. The fourth-order valence-electron chi connectivity index (χ4n) is 4.02. The van der Waals surface area contributed by atoms with Crippen molar-refractivity contribution in [2.75, 3.05) is 44.3 Å². The second kappa shape index (κ2) is 8.81. The van der Waals surface area contributed by atoms with Gasteiger partial charge in [-0.25, -0.2) is 0 Å². The van der Waals surface area contributed by atoms with Crippen LogP contribution in [-0.4, -0.2) is 61.2 Å². The van der Waals surface area contributed by atoms with Crippen LogP contribution < -0.4 is 4.90 Å². The Morgan fingerprint density at radius 1 is 1.10 bits per heavy atom. The van der Waals surface area contributed by atoms with E-state index in [9.17, 15) is 14.9 Å². The van der Waals surface area contributed by atoms with Gasteiger partial charge in [0.15, 0.2) is 0 Å². The van der Waals surface area contributed by atoms with Gasteiger partial charge in [-0.15, -0.1) is 0 Å². The molecule has 0 aromatic heterocycles. The predicted molar refractivity (Wildman–Crippen MR) is 112 cm³/mol. The van der Waals surface area contributed by atoms with E-state index in [-0.39, 0.29) is 23.8 Å². The fraction of sp³-hybridized carbons (Fsp3) is 0.409. The van der Waals surface area contributed by atoms with Gasteiger partial charge in [-0.3, -0.25) is 14.9 Å². The van der Waals surface area contributed by atoms with Crippen molar-refractivity contribution in [3.05, 3.63) is 69.8 Å². The summed E-state index contributed by atoms with van der Waals surface area (Å²) in [7, 11) is 0. The summed E-state index contributed by atoms with van der Waals surface area (Å²) >= 11 is 0. The van der Waals surface area contributed by atoms with E-state index >= 15 is 0 Å². The Balaban J connectivity index is 1.61. The minimum Gasteiger partial charge on any atom is -0.378 e. The second-order valence-corrected chi connectivity index (χ2v) is 7.62. The molecule has 0 saturated carbocycles. The summed E-state index contributed by atoms with van der Waals surface area (Å²) in [6.07, 6.45) is -0.262. The number of carbonyl (C=O) groups is 1. The standard InChI is InChI=1S/C22H25N3O5/c1-16-14-24(15-21(30-16)17-5-3-2-4-6-17)19-8-7-18(13-20(19)25(27)28)22(26)23-9-11-29-12-10-23/h2-8,13,16,21H,9-12,14-15H2,1H3. The van der Waals surface area contributed by atoms with Gasteiger partial charge in [0.1, 0.15) is 11.8 Å². The minimum atomic E-state index is -0.414. The number of nitrogens with zero attached hydrogens (tertiary/aromatic N) is 3. The van der Waals surface area contributed by atoms with Gasteiger partial charge in [-0.05, 0) is 24.6 Å². The zero-order valence-corrected chi connectivity index (χ0v) is 16.9. The quantitative estimate of drug-likeness (QED) is 0.568. The molecule has 2 unspecified atom stereocenters. The molecule has 1 amide bonds. The average molecular weight is 411 g/mol. The molecular formula is C22H25N3O5. The van der Waals surface area contributed by atoms with Crippen LogP contribution in [0, 0.1) is 10.1 Å². The first-order valence-electron chi connectivity index (χ1n) is 10.1. The summed E-state index contributed by atoms with van der Waals surface area (Å²) in [6.45, 7) is 4.97. The molecule has 2 aromatic carbocycles. The number of morpholine rings is 2. The Labute approximate surface area is 175 Å². The van der Waals surface area contributed by atoms with E-state index in [0.29, 0.717) is 50.6 Å². The molecule has 0 radical (unpaired) electrons. The summed E-state index contributed by atoms with van der Waals surface area (Å²) in [5.74, 6) is -0.203. The van der Waals surface area contributed by atoms with E-state index in [0.717, 1.165) is 5.56 Å². The third-order valence-electron chi connectivity index (χ3n) is 5.49. The van der Waals surface area contributed by atoms with Gasteiger partial charge in [-0.1, -0.05) is 30.3 Å². The zero-order valence-electron chi connectivity index (χ0n) is 16.9. The lowest BCUT2D eigenvalue weighted by Crippen LogP contribution is -2.43. The maximum Gasteiger partial charge on any atom is 0.293 e. The summed E-state index contributed by atoms with van der Waals surface area (Å²) in [5, 5.41) is 11.9. The first-order valence-corrected chi connectivity index (χ1v) is 10.1. The van der Waals surface area contributed by atoms with Crippen molar-refractivity contribution in [2.45, 2.75) is 19.1 Å². The number of nitro groups is 1. The van der Waals surface area contributed by atoms with Crippen molar-refractivity contribution in [1.82, 2.24) is 4.90 Å². The molecule has 0 bridgehead atoms. The Bertz CT molecular complexity index is 914. The van der Waals surface area contributed by atoms with Crippen LogP contribution in [-0.2, 0) is 9.47 Å².